The summed E-state index contributed by atoms with van der Waals surface area (Å²) in [6.45, 7) is 0.462. The highest BCUT2D eigenvalue weighted by Crippen LogP contribution is 2.38. The van der Waals surface area contributed by atoms with Crippen LogP contribution in [0.15, 0.2) is 42.5 Å². The van der Waals surface area contributed by atoms with Gasteiger partial charge in [-0.25, -0.2) is 4.39 Å². The smallest absolute Gasteiger partial charge is 0.247 e. The molecule has 1 saturated carbocycles. The van der Waals surface area contributed by atoms with Crippen LogP contribution in [0.1, 0.15) is 43.2 Å². The second kappa shape index (κ2) is 10.8. The number of carbonyl (C=O) groups is 1. The van der Waals surface area contributed by atoms with E-state index in [1.807, 2.05) is 4.90 Å². The first kappa shape index (κ1) is 22.7. The van der Waals surface area contributed by atoms with E-state index in [0.29, 0.717) is 23.8 Å². The van der Waals surface area contributed by atoms with E-state index in [4.69, 9.17) is 14.2 Å². The number of hydrogen-bond acceptors (Lipinski definition) is 4. The van der Waals surface area contributed by atoms with E-state index < -0.39 is 0 Å². The quantitative estimate of drug-likeness (QED) is 0.542. The predicted molar refractivity (Wildman–Crippen MR) is 119 cm³/mol. The summed E-state index contributed by atoms with van der Waals surface area (Å²) >= 11 is 0. The molecule has 6 heteroatoms. The molecule has 0 unspecified atom stereocenters. The van der Waals surface area contributed by atoms with Crippen molar-refractivity contribution >= 4 is 12.0 Å². The molecule has 0 aromatic heterocycles. The highest BCUT2D eigenvalue weighted by Gasteiger charge is 2.24. The van der Waals surface area contributed by atoms with Gasteiger partial charge in [0.1, 0.15) is 5.82 Å². The van der Waals surface area contributed by atoms with Gasteiger partial charge in [-0.05, 0) is 54.3 Å². The summed E-state index contributed by atoms with van der Waals surface area (Å²) in [5.41, 5.74) is 1.69. The van der Waals surface area contributed by atoms with Crippen molar-refractivity contribution in [2.75, 3.05) is 21.3 Å². The van der Waals surface area contributed by atoms with Crippen LogP contribution < -0.4 is 14.2 Å². The molecule has 166 valence electrons. The third kappa shape index (κ3) is 5.78. The minimum Gasteiger partial charge on any atom is -0.493 e. The summed E-state index contributed by atoms with van der Waals surface area (Å²) in [6.07, 6.45) is 8.77. The Hall–Kier alpha value is -3.02. The van der Waals surface area contributed by atoms with E-state index in [0.717, 1.165) is 36.8 Å². The van der Waals surface area contributed by atoms with Gasteiger partial charge in [-0.3, -0.25) is 4.79 Å². The van der Waals surface area contributed by atoms with Gasteiger partial charge in [0.25, 0.3) is 0 Å². The maximum atomic E-state index is 13.3. The second-order valence-electron chi connectivity index (χ2n) is 7.68. The van der Waals surface area contributed by atoms with Crippen LogP contribution in [0.3, 0.4) is 0 Å². The summed E-state index contributed by atoms with van der Waals surface area (Å²) < 4.78 is 29.4. The van der Waals surface area contributed by atoms with Gasteiger partial charge in [-0.15, -0.1) is 0 Å². The number of methoxy groups -OCH3 is 3. The van der Waals surface area contributed by atoms with Gasteiger partial charge in [0.15, 0.2) is 11.5 Å². The van der Waals surface area contributed by atoms with E-state index in [1.165, 1.54) is 18.6 Å². The lowest BCUT2D eigenvalue weighted by Crippen LogP contribution is -2.40. The number of benzene rings is 2. The molecule has 0 radical (unpaired) electrons. The van der Waals surface area contributed by atoms with Crippen LogP contribution in [0.5, 0.6) is 17.2 Å². The van der Waals surface area contributed by atoms with E-state index in [1.54, 1.807) is 57.7 Å². The summed E-state index contributed by atoms with van der Waals surface area (Å²) in [5.74, 6) is 1.23. The SMILES string of the molecule is COc1cc(/C=C/C(=O)N(Cc2ccc(F)cc2)C2CCCCC2)cc(OC)c1OC. The Bertz CT molecular complexity index is 879. The molecule has 0 heterocycles. The molecular formula is C25H30FNO4. The second-order valence-corrected chi connectivity index (χ2v) is 7.68. The number of amides is 1. The zero-order chi connectivity index (χ0) is 22.2. The van der Waals surface area contributed by atoms with Crippen LogP contribution >= 0.6 is 0 Å². The van der Waals surface area contributed by atoms with Crippen molar-refractivity contribution in [2.45, 2.75) is 44.7 Å². The third-order valence-electron chi connectivity index (χ3n) is 5.67. The number of carbonyl (C=O) groups excluding carboxylic acids is 1. The van der Waals surface area contributed by atoms with Crippen LogP contribution in [0.4, 0.5) is 4.39 Å². The number of hydrogen-bond donors (Lipinski definition) is 0. The van der Waals surface area contributed by atoms with Gasteiger partial charge in [-0.1, -0.05) is 31.4 Å². The highest BCUT2D eigenvalue weighted by atomic mass is 19.1. The van der Waals surface area contributed by atoms with Gasteiger partial charge in [0.2, 0.25) is 11.7 Å². The molecule has 1 fully saturated rings. The van der Waals surface area contributed by atoms with E-state index in [9.17, 15) is 9.18 Å². The molecule has 1 aliphatic rings. The normalized spacial score (nSPS) is 14.5. The fraction of sp³-hybridized carbons (Fsp3) is 0.400. The molecule has 31 heavy (non-hydrogen) atoms. The number of halogens is 1. The maximum absolute atomic E-state index is 13.3. The summed E-state index contributed by atoms with van der Waals surface area (Å²) in [4.78, 5) is 15.1. The number of nitrogens with zero attached hydrogens (tertiary/aromatic N) is 1. The molecular weight excluding hydrogens is 397 g/mol. The molecule has 0 saturated heterocycles. The van der Waals surface area contributed by atoms with Crippen LogP contribution in [0, 0.1) is 5.82 Å². The van der Waals surface area contributed by atoms with Gasteiger partial charge < -0.3 is 19.1 Å². The lowest BCUT2D eigenvalue weighted by molar-refractivity contribution is -0.129. The predicted octanol–water partition coefficient (Wildman–Crippen LogP) is 5.23. The van der Waals surface area contributed by atoms with Crippen molar-refractivity contribution in [2.24, 2.45) is 0 Å². The van der Waals surface area contributed by atoms with Crippen molar-refractivity contribution in [1.29, 1.82) is 0 Å². The molecule has 0 aliphatic heterocycles. The molecule has 3 rings (SSSR count). The van der Waals surface area contributed by atoms with Crippen LogP contribution in [0.2, 0.25) is 0 Å². The molecule has 0 atom stereocenters. The number of rotatable bonds is 8. The van der Waals surface area contributed by atoms with E-state index in [2.05, 4.69) is 0 Å². The first-order chi connectivity index (χ1) is 15.0. The molecule has 1 aliphatic carbocycles. The van der Waals surface area contributed by atoms with Gasteiger partial charge in [0, 0.05) is 18.7 Å². The minimum absolute atomic E-state index is 0.0648. The Labute approximate surface area is 183 Å². The summed E-state index contributed by atoms with van der Waals surface area (Å²) in [7, 11) is 4.67. The molecule has 2 aromatic rings. The third-order valence-corrected chi connectivity index (χ3v) is 5.67. The fourth-order valence-electron chi connectivity index (χ4n) is 4.03. The van der Waals surface area contributed by atoms with Gasteiger partial charge in [-0.2, -0.15) is 0 Å². The van der Waals surface area contributed by atoms with Crippen molar-refractivity contribution in [3.8, 4) is 17.2 Å². The molecule has 2 aromatic carbocycles. The first-order valence-corrected chi connectivity index (χ1v) is 10.6. The Morgan fingerprint density at radius 3 is 2.16 bits per heavy atom. The lowest BCUT2D eigenvalue weighted by Gasteiger charge is -2.34. The van der Waals surface area contributed by atoms with Crippen molar-refractivity contribution in [1.82, 2.24) is 4.90 Å². The standard InChI is InChI=1S/C25H30FNO4/c1-29-22-15-19(16-23(30-2)25(22)31-3)11-14-24(28)27(21-7-5-4-6-8-21)17-18-9-12-20(26)13-10-18/h9-16,21H,4-8,17H2,1-3H3/b14-11+. The molecule has 1 amide bonds. The average Bonchev–Trinajstić information content (AvgIpc) is 2.81. The fourth-order valence-corrected chi connectivity index (χ4v) is 4.03. The Balaban J connectivity index is 1.83. The molecule has 0 bridgehead atoms. The van der Waals surface area contributed by atoms with E-state index in [-0.39, 0.29) is 17.8 Å². The zero-order valence-electron chi connectivity index (χ0n) is 18.4. The van der Waals surface area contributed by atoms with E-state index >= 15 is 0 Å². The molecule has 5 nitrogen and oxygen atoms in total. The monoisotopic (exact) mass is 427 g/mol. The van der Waals surface area contributed by atoms with Crippen LogP contribution in [-0.2, 0) is 11.3 Å². The Kier molecular flexibility index (Phi) is 7.93. The van der Waals surface area contributed by atoms with Crippen molar-refractivity contribution in [3.63, 3.8) is 0 Å². The maximum Gasteiger partial charge on any atom is 0.247 e. The van der Waals surface area contributed by atoms with Crippen molar-refractivity contribution in [3.05, 3.63) is 59.4 Å². The molecule has 0 N–H and O–H groups in total. The highest BCUT2D eigenvalue weighted by molar-refractivity contribution is 5.92. The molecule has 0 spiro atoms. The topological polar surface area (TPSA) is 48.0 Å². The summed E-state index contributed by atoms with van der Waals surface area (Å²) in [6, 6.07) is 10.1. The first-order valence-electron chi connectivity index (χ1n) is 10.6. The van der Waals surface area contributed by atoms with Crippen LogP contribution in [-0.4, -0.2) is 38.2 Å². The Morgan fingerprint density at radius 1 is 1.00 bits per heavy atom. The largest absolute Gasteiger partial charge is 0.493 e. The zero-order valence-corrected chi connectivity index (χ0v) is 18.4. The minimum atomic E-state index is -0.276. The van der Waals surface area contributed by atoms with Crippen LogP contribution in [0.25, 0.3) is 6.08 Å². The Morgan fingerprint density at radius 2 is 1.61 bits per heavy atom. The summed E-state index contributed by atoms with van der Waals surface area (Å²) in [5, 5.41) is 0. The average molecular weight is 428 g/mol. The van der Waals surface area contributed by atoms with Gasteiger partial charge >= 0.3 is 0 Å². The number of ether oxygens (including phenoxy) is 3. The van der Waals surface area contributed by atoms with Gasteiger partial charge in [0.05, 0.1) is 21.3 Å². The lowest BCUT2D eigenvalue weighted by atomic mass is 9.93. The van der Waals surface area contributed by atoms with Crippen molar-refractivity contribution < 1.29 is 23.4 Å².